The Labute approximate surface area is 198 Å². The van der Waals surface area contributed by atoms with Crippen molar-refractivity contribution in [3.8, 4) is 11.5 Å². The highest BCUT2D eigenvalue weighted by Crippen LogP contribution is 2.77. The molecule has 4 bridgehead atoms. The van der Waals surface area contributed by atoms with Crippen molar-refractivity contribution in [1.29, 1.82) is 0 Å². The lowest BCUT2D eigenvalue weighted by molar-refractivity contribution is -0.299. The van der Waals surface area contributed by atoms with Crippen molar-refractivity contribution in [3.63, 3.8) is 0 Å². The van der Waals surface area contributed by atoms with E-state index in [0.717, 1.165) is 56.7 Å². The molecule has 1 aromatic rings. The summed E-state index contributed by atoms with van der Waals surface area (Å²) >= 11 is 0. The highest BCUT2D eigenvalue weighted by atomic mass is 16.6. The Kier molecular flexibility index (Phi) is 4.50. The molecule has 0 amide bonds. The predicted molar refractivity (Wildman–Crippen MR) is 128 cm³/mol. The number of hydrogen-bond acceptors (Lipinski definition) is 5. The zero-order chi connectivity index (χ0) is 23.4. The van der Waals surface area contributed by atoms with Crippen LogP contribution in [0, 0.1) is 11.3 Å². The number of aliphatic hydroxyl groups is 1. The molecule has 5 nitrogen and oxygen atoms in total. The second-order valence-corrected chi connectivity index (χ2v) is 12.1. The van der Waals surface area contributed by atoms with Gasteiger partial charge in [-0.25, -0.2) is 0 Å². The Balaban J connectivity index is 1.61. The molecule has 4 fully saturated rings. The summed E-state index contributed by atoms with van der Waals surface area (Å²) in [6, 6.07) is 4.82. The van der Waals surface area contributed by atoms with Gasteiger partial charge in [-0.1, -0.05) is 17.7 Å². The van der Waals surface area contributed by atoms with Gasteiger partial charge >= 0.3 is 0 Å². The van der Waals surface area contributed by atoms with Gasteiger partial charge in [0.1, 0.15) is 11.7 Å². The number of methoxy groups -OCH3 is 2. The minimum Gasteiger partial charge on any atom is -0.493 e. The number of ether oxygens (including phenoxy) is 3. The van der Waals surface area contributed by atoms with E-state index in [9.17, 15) is 5.11 Å². The van der Waals surface area contributed by atoms with Crippen LogP contribution < -0.4 is 9.47 Å². The average molecular weight is 454 g/mol. The van der Waals surface area contributed by atoms with Crippen molar-refractivity contribution >= 4 is 0 Å². The molecule has 7 rings (SSSR count). The number of piperidine rings is 1. The van der Waals surface area contributed by atoms with Crippen molar-refractivity contribution in [2.24, 2.45) is 11.3 Å². The lowest BCUT2D eigenvalue weighted by atomic mass is 9.34. The molecule has 1 saturated heterocycles. The van der Waals surface area contributed by atoms with Crippen LogP contribution in [-0.2, 0) is 16.6 Å². The molecular weight excluding hydrogens is 414 g/mol. The van der Waals surface area contributed by atoms with Crippen LogP contribution in [0.1, 0.15) is 64.5 Å². The molecule has 2 aliphatic heterocycles. The molecule has 6 aliphatic rings. The van der Waals surface area contributed by atoms with E-state index in [-0.39, 0.29) is 22.9 Å². The summed E-state index contributed by atoms with van der Waals surface area (Å²) in [5.41, 5.74) is 2.86. The van der Waals surface area contributed by atoms with E-state index >= 15 is 0 Å². The molecule has 6 atom stereocenters. The largest absolute Gasteiger partial charge is 0.493 e. The predicted octanol–water partition coefficient (Wildman–Crippen LogP) is 4.25. The van der Waals surface area contributed by atoms with E-state index in [0.29, 0.717) is 6.04 Å². The summed E-state index contributed by atoms with van der Waals surface area (Å²) in [6.07, 6.45) is 7.44. The third-order valence-corrected chi connectivity index (χ3v) is 10.3. The van der Waals surface area contributed by atoms with Crippen LogP contribution in [0.4, 0.5) is 0 Å². The van der Waals surface area contributed by atoms with Gasteiger partial charge in [0.05, 0.1) is 12.7 Å². The van der Waals surface area contributed by atoms with Crippen LogP contribution in [0.2, 0.25) is 0 Å². The molecule has 0 aromatic heterocycles. The zero-order valence-corrected chi connectivity index (χ0v) is 21.0. The first-order valence-electron chi connectivity index (χ1n) is 12.7. The van der Waals surface area contributed by atoms with Gasteiger partial charge in [-0.3, -0.25) is 4.90 Å². The van der Waals surface area contributed by atoms with E-state index in [1.807, 2.05) is 21.0 Å². The van der Waals surface area contributed by atoms with Crippen LogP contribution in [0.5, 0.6) is 11.5 Å². The van der Waals surface area contributed by atoms with Crippen molar-refractivity contribution in [2.45, 2.75) is 88.6 Å². The van der Waals surface area contributed by atoms with Gasteiger partial charge in [0.25, 0.3) is 0 Å². The van der Waals surface area contributed by atoms with Crippen molar-refractivity contribution < 1.29 is 19.3 Å². The molecule has 5 heteroatoms. The Morgan fingerprint density at radius 1 is 1.24 bits per heavy atom. The second-order valence-electron chi connectivity index (χ2n) is 12.1. The highest BCUT2D eigenvalue weighted by Gasteiger charge is 2.81. The average Bonchev–Trinajstić information content (AvgIpc) is 3.14. The maximum Gasteiger partial charge on any atom is 0.165 e. The number of nitrogens with zero attached hydrogens (tertiary/aromatic N) is 1. The zero-order valence-electron chi connectivity index (χ0n) is 21.0. The summed E-state index contributed by atoms with van der Waals surface area (Å²) in [7, 11) is 3.58. The van der Waals surface area contributed by atoms with Gasteiger partial charge in [0, 0.05) is 42.0 Å². The standard InChI is InChI=1S/C28H39NO4/c1-17(2)9-13-29-14-12-27-22-18-7-8-19(31-5)23(22)33-24(27)28(32-6)11-10-26(27,21(29)15-18)16-20(28)25(3,4)30/h7-9,20-21,24,30H,10-16H2,1-6H3/t20-,21+,24+,26+,27-,28+/m0/s1. The molecule has 4 aliphatic carbocycles. The number of hydrogen-bond donors (Lipinski definition) is 1. The Morgan fingerprint density at radius 3 is 2.70 bits per heavy atom. The lowest BCUT2D eigenvalue weighted by Crippen LogP contribution is -2.82. The molecule has 2 spiro atoms. The first-order chi connectivity index (χ1) is 15.6. The molecular formula is C28H39NO4. The fourth-order valence-corrected chi connectivity index (χ4v) is 9.05. The number of likely N-dealkylation sites (tertiary alicyclic amines) is 1. The number of fused-ring (bicyclic) bond motifs is 2. The van der Waals surface area contributed by atoms with Crippen molar-refractivity contribution in [1.82, 2.24) is 4.90 Å². The van der Waals surface area contributed by atoms with Crippen LogP contribution in [0.15, 0.2) is 23.8 Å². The number of rotatable bonds is 5. The number of benzene rings is 1. The Hall–Kier alpha value is -1.56. The number of allylic oxidation sites excluding steroid dienone is 1. The summed E-state index contributed by atoms with van der Waals surface area (Å²) in [6.45, 7) is 10.4. The van der Waals surface area contributed by atoms with Crippen LogP contribution in [-0.4, -0.2) is 60.7 Å². The van der Waals surface area contributed by atoms with Crippen LogP contribution in [0.25, 0.3) is 0 Å². The van der Waals surface area contributed by atoms with Gasteiger partial charge in [-0.05, 0) is 78.0 Å². The summed E-state index contributed by atoms with van der Waals surface area (Å²) in [4.78, 5) is 2.73. The van der Waals surface area contributed by atoms with Gasteiger partial charge in [0.2, 0.25) is 0 Å². The normalized spacial score (nSPS) is 40.3. The Morgan fingerprint density at radius 2 is 2.03 bits per heavy atom. The summed E-state index contributed by atoms with van der Waals surface area (Å²) < 4.78 is 19.3. The minimum absolute atomic E-state index is 0.0228. The second kappa shape index (κ2) is 6.77. The van der Waals surface area contributed by atoms with Crippen LogP contribution in [0.3, 0.4) is 0 Å². The van der Waals surface area contributed by atoms with Gasteiger partial charge < -0.3 is 19.3 Å². The van der Waals surface area contributed by atoms with E-state index < -0.39 is 11.2 Å². The SMILES string of the molecule is COc1ccc2c3c1O[C@H]1[C@@]4(OC)CC[C@@]5(C[C@H]4C(C)(C)O)[C@@H](C2)N(CC=C(C)C)CC[C@]315. The highest BCUT2D eigenvalue weighted by molar-refractivity contribution is 5.63. The van der Waals surface area contributed by atoms with Gasteiger partial charge in [-0.2, -0.15) is 0 Å². The first kappa shape index (κ1) is 21.9. The lowest BCUT2D eigenvalue weighted by Gasteiger charge is -2.74. The van der Waals surface area contributed by atoms with E-state index in [1.54, 1.807) is 7.11 Å². The molecule has 180 valence electrons. The fourth-order valence-electron chi connectivity index (χ4n) is 9.05. The van der Waals surface area contributed by atoms with E-state index in [1.165, 1.54) is 16.7 Å². The van der Waals surface area contributed by atoms with Gasteiger partial charge in [-0.15, -0.1) is 0 Å². The maximum atomic E-state index is 11.4. The molecule has 2 heterocycles. The minimum atomic E-state index is -0.841. The van der Waals surface area contributed by atoms with E-state index in [4.69, 9.17) is 14.2 Å². The molecule has 0 unspecified atom stereocenters. The topological polar surface area (TPSA) is 51.2 Å². The third kappa shape index (κ3) is 2.44. The van der Waals surface area contributed by atoms with Crippen molar-refractivity contribution in [2.75, 3.05) is 27.3 Å². The quantitative estimate of drug-likeness (QED) is 0.676. The summed E-state index contributed by atoms with van der Waals surface area (Å²) in [5.74, 6) is 1.80. The molecule has 3 saturated carbocycles. The van der Waals surface area contributed by atoms with Crippen molar-refractivity contribution in [3.05, 3.63) is 34.9 Å². The smallest absolute Gasteiger partial charge is 0.165 e. The van der Waals surface area contributed by atoms with Crippen LogP contribution >= 0.6 is 0 Å². The Bertz CT molecular complexity index is 1020. The molecule has 0 radical (unpaired) electrons. The molecule has 33 heavy (non-hydrogen) atoms. The fraction of sp³-hybridized carbons (Fsp3) is 0.714. The first-order valence-corrected chi connectivity index (χ1v) is 12.7. The molecule has 1 N–H and O–H groups in total. The molecule has 1 aromatic carbocycles. The van der Waals surface area contributed by atoms with Gasteiger partial charge in [0.15, 0.2) is 11.5 Å². The monoisotopic (exact) mass is 453 g/mol. The summed E-state index contributed by atoms with van der Waals surface area (Å²) in [5, 5.41) is 11.4. The third-order valence-electron chi connectivity index (χ3n) is 10.3. The maximum absolute atomic E-state index is 11.4. The van der Waals surface area contributed by atoms with E-state index in [2.05, 4.69) is 37.0 Å².